The first kappa shape index (κ1) is 21.0. The zero-order chi connectivity index (χ0) is 21.3. The minimum Gasteiger partial charge on any atom is -0.493 e. The summed E-state index contributed by atoms with van der Waals surface area (Å²) in [5.74, 6) is 1.36. The number of carbonyl (C=O) groups is 1. The molecule has 0 aliphatic heterocycles. The summed E-state index contributed by atoms with van der Waals surface area (Å²) >= 11 is 0. The van der Waals surface area contributed by atoms with Crippen LogP contribution < -0.4 is 19.5 Å². The van der Waals surface area contributed by atoms with Crippen LogP contribution in [0.2, 0.25) is 0 Å². The molecule has 30 heavy (non-hydrogen) atoms. The number of anilines is 1. The quantitative estimate of drug-likeness (QED) is 0.541. The third kappa shape index (κ3) is 5.20. The molecule has 0 bridgehead atoms. The third-order valence-corrected chi connectivity index (χ3v) is 4.63. The normalized spacial score (nSPS) is 10.6. The van der Waals surface area contributed by atoms with Crippen LogP contribution in [0.25, 0.3) is 6.08 Å². The fourth-order valence-corrected chi connectivity index (χ4v) is 3.16. The van der Waals surface area contributed by atoms with Crippen LogP contribution in [-0.2, 0) is 11.2 Å². The van der Waals surface area contributed by atoms with Gasteiger partial charge in [0.2, 0.25) is 11.7 Å². The number of carbonyl (C=O) groups excluding carboxylic acids is 1. The van der Waals surface area contributed by atoms with Crippen molar-refractivity contribution in [3.63, 3.8) is 0 Å². The molecule has 5 nitrogen and oxygen atoms in total. The maximum absolute atomic E-state index is 12.5. The molecular weight excluding hydrogens is 378 g/mol. The van der Waals surface area contributed by atoms with Crippen molar-refractivity contribution in [3.8, 4) is 17.2 Å². The first-order chi connectivity index (χ1) is 14.6. The average molecular weight is 403 g/mol. The maximum Gasteiger partial charge on any atom is 0.248 e. The molecule has 1 amide bonds. The molecule has 1 N–H and O–H groups in total. The van der Waals surface area contributed by atoms with Gasteiger partial charge in [-0.1, -0.05) is 48.5 Å². The summed E-state index contributed by atoms with van der Waals surface area (Å²) in [4.78, 5) is 12.5. The van der Waals surface area contributed by atoms with E-state index in [1.54, 1.807) is 39.5 Å². The second-order valence-electron chi connectivity index (χ2n) is 6.60. The number of amides is 1. The van der Waals surface area contributed by atoms with E-state index in [4.69, 9.17) is 14.2 Å². The highest BCUT2D eigenvalue weighted by Crippen LogP contribution is 2.38. The highest BCUT2D eigenvalue weighted by atomic mass is 16.5. The van der Waals surface area contributed by atoms with Gasteiger partial charge in [-0.2, -0.15) is 0 Å². The molecule has 0 saturated carbocycles. The van der Waals surface area contributed by atoms with Gasteiger partial charge in [-0.05, 0) is 47.4 Å². The molecule has 0 radical (unpaired) electrons. The van der Waals surface area contributed by atoms with Crippen LogP contribution >= 0.6 is 0 Å². The zero-order valence-corrected chi connectivity index (χ0v) is 17.3. The van der Waals surface area contributed by atoms with E-state index >= 15 is 0 Å². The van der Waals surface area contributed by atoms with E-state index in [0.717, 1.165) is 23.2 Å². The molecule has 0 aromatic heterocycles. The van der Waals surface area contributed by atoms with E-state index < -0.39 is 0 Å². The molecule has 0 aliphatic carbocycles. The molecule has 0 fully saturated rings. The molecule has 3 rings (SSSR count). The molecule has 3 aromatic rings. The summed E-state index contributed by atoms with van der Waals surface area (Å²) in [7, 11) is 4.67. The van der Waals surface area contributed by atoms with Gasteiger partial charge >= 0.3 is 0 Å². The summed E-state index contributed by atoms with van der Waals surface area (Å²) in [5, 5.41) is 2.97. The number of ether oxygens (including phenoxy) is 3. The Balaban J connectivity index is 1.76. The van der Waals surface area contributed by atoms with Gasteiger partial charge in [0.1, 0.15) is 0 Å². The van der Waals surface area contributed by atoms with Gasteiger partial charge in [0.25, 0.3) is 0 Å². The van der Waals surface area contributed by atoms with E-state index in [9.17, 15) is 4.79 Å². The summed E-state index contributed by atoms with van der Waals surface area (Å²) in [5.41, 5.74) is 3.79. The lowest BCUT2D eigenvalue weighted by Gasteiger charge is -2.13. The van der Waals surface area contributed by atoms with Gasteiger partial charge in [-0.25, -0.2) is 0 Å². The molecule has 0 heterocycles. The van der Waals surface area contributed by atoms with E-state index in [-0.39, 0.29) is 5.91 Å². The van der Waals surface area contributed by atoms with E-state index in [1.807, 2.05) is 42.5 Å². The average Bonchev–Trinajstić information content (AvgIpc) is 2.78. The van der Waals surface area contributed by atoms with Crippen molar-refractivity contribution in [3.05, 3.63) is 89.5 Å². The van der Waals surface area contributed by atoms with Crippen LogP contribution in [0.1, 0.15) is 16.7 Å². The van der Waals surface area contributed by atoms with Crippen LogP contribution in [0.4, 0.5) is 5.69 Å². The molecule has 5 heteroatoms. The fraction of sp³-hybridized carbons (Fsp3) is 0.160. The zero-order valence-electron chi connectivity index (χ0n) is 17.3. The predicted molar refractivity (Wildman–Crippen MR) is 119 cm³/mol. The minimum absolute atomic E-state index is 0.218. The van der Waals surface area contributed by atoms with Gasteiger partial charge in [-0.3, -0.25) is 4.79 Å². The molecule has 0 unspecified atom stereocenters. The lowest BCUT2D eigenvalue weighted by atomic mass is 10.0. The van der Waals surface area contributed by atoms with Gasteiger partial charge < -0.3 is 19.5 Å². The van der Waals surface area contributed by atoms with Crippen LogP contribution in [0.15, 0.2) is 72.8 Å². The summed E-state index contributed by atoms with van der Waals surface area (Å²) in [6.07, 6.45) is 3.94. The number of methoxy groups -OCH3 is 3. The first-order valence-corrected chi connectivity index (χ1v) is 9.55. The summed E-state index contributed by atoms with van der Waals surface area (Å²) in [6, 6.07) is 21.5. The smallest absolute Gasteiger partial charge is 0.248 e. The van der Waals surface area contributed by atoms with Gasteiger partial charge in [0, 0.05) is 11.8 Å². The number of hydrogen-bond donors (Lipinski definition) is 1. The van der Waals surface area contributed by atoms with Crippen LogP contribution in [-0.4, -0.2) is 27.2 Å². The Labute approximate surface area is 176 Å². The topological polar surface area (TPSA) is 56.8 Å². The van der Waals surface area contributed by atoms with Crippen molar-refractivity contribution < 1.29 is 19.0 Å². The number of nitrogens with one attached hydrogen (secondary N) is 1. The Hall–Kier alpha value is -3.73. The Morgan fingerprint density at radius 1 is 0.867 bits per heavy atom. The Morgan fingerprint density at radius 3 is 2.13 bits per heavy atom. The largest absolute Gasteiger partial charge is 0.493 e. The number of rotatable bonds is 8. The van der Waals surface area contributed by atoms with E-state index in [1.165, 1.54) is 11.6 Å². The molecule has 154 valence electrons. The monoisotopic (exact) mass is 403 g/mol. The molecule has 0 spiro atoms. The first-order valence-electron chi connectivity index (χ1n) is 9.55. The SMILES string of the molecule is COc1cc(/C=C/C(=O)Nc2ccccc2Cc2ccccc2)cc(OC)c1OC. The molecule has 0 atom stereocenters. The number of para-hydroxylation sites is 1. The van der Waals surface area contributed by atoms with E-state index in [0.29, 0.717) is 17.2 Å². The summed E-state index contributed by atoms with van der Waals surface area (Å²) < 4.78 is 16.0. The van der Waals surface area contributed by atoms with Crippen LogP contribution in [0.3, 0.4) is 0 Å². The van der Waals surface area contributed by atoms with Crippen molar-refractivity contribution in [2.24, 2.45) is 0 Å². The highest BCUT2D eigenvalue weighted by molar-refractivity contribution is 6.02. The molecule has 0 aliphatic rings. The van der Waals surface area contributed by atoms with E-state index in [2.05, 4.69) is 17.4 Å². The van der Waals surface area contributed by atoms with Gasteiger partial charge in [0.05, 0.1) is 21.3 Å². The fourth-order valence-electron chi connectivity index (χ4n) is 3.16. The molecule has 0 saturated heterocycles. The molecular formula is C25H25NO4. The third-order valence-electron chi connectivity index (χ3n) is 4.63. The van der Waals surface area contributed by atoms with Gasteiger partial charge in [0.15, 0.2) is 11.5 Å². The second kappa shape index (κ2) is 10.2. The van der Waals surface area contributed by atoms with Crippen LogP contribution in [0, 0.1) is 0 Å². The van der Waals surface area contributed by atoms with Crippen molar-refractivity contribution in [1.82, 2.24) is 0 Å². The highest BCUT2D eigenvalue weighted by Gasteiger charge is 2.12. The summed E-state index contributed by atoms with van der Waals surface area (Å²) in [6.45, 7) is 0. The Kier molecular flexibility index (Phi) is 7.11. The minimum atomic E-state index is -0.218. The lowest BCUT2D eigenvalue weighted by Crippen LogP contribution is -2.10. The second-order valence-corrected chi connectivity index (χ2v) is 6.60. The van der Waals surface area contributed by atoms with Crippen molar-refractivity contribution in [2.45, 2.75) is 6.42 Å². The maximum atomic E-state index is 12.5. The van der Waals surface area contributed by atoms with Crippen molar-refractivity contribution in [2.75, 3.05) is 26.6 Å². The Bertz CT molecular complexity index is 1000. The Morgan fingerprint density at radius 2 is 1.50 bits per heavy atom. The van der Waals surface area contributed by atoms with Crippen molar-refractivity contribution >= 4 is 17.7 Å². The predicted octanol–water partition coefficient (Wildman–Crippen LogP) is 4.96. The number of benzene rings is 3. The van der Waals surface area contributed by atoms with Crippen LogP contribution in [0.5, 0.6) is 17.2 Å². The van der Waals surface area contributed by atoms with Gasteiger partial charge in [-0.15, -0.1) is 0 Å². The lowest BCUT2D eigenvalue weighted by molar-refractivity contribution is -0.111. The molecule has 3 aromatic carbocycles. The standard InChI is InChI=1S/C25H25NO4/c1-28-22-16-19(17-23(29-2)25(22)30-3)13-14-24(27)26-21-12-8-7-11-20(21)15-18-9-5-4-6-10-18/h4-14,16-17H,15H2,1-3H3,(H,26,27)/b14-13+. The van der Waals surface area contributed by atoms with Crippen molar-refractivity contribution in [1.29, 1.82) is 0 Å². The number of hydrogen-bond acceptors (Lipinski definition) is 4.